The fraction of sp³-hybridized carbons (Fsp3) is 0.333. The van der Waals surface area contributed by atoms with Crippen LogP contribution in [0.2, 0.25) is 0 Å². The van der Waals surface area contributed by atoms with Crippen LogP contribution in [0.15, 0.2) is 35.3 Å². The zero-order valence-corrected chi connectivity index (χ0v) is 15.5. The Bertz CT molecular complexity index is 918. The van der Waals surface area contributed by atoms with Gasteiger partial charge in [-0.25, -0.2) is 0 Å². The van der Waals surface area contributed by atoms with E-state index in [4.69, 9.17) is 5.26 Å². The molecule has 0 bridgehead atoms. The van der Waals surface area contributed by atoms with Crippen molar-refractivity contribution in [2.45, 2.75) is 26.9 Å². The molecule has 28 heavy (non-hydrogen) atoms. The van der Waals surface area contributed by atoms with Gasteiger partial charge in [-0.3, -0.25) is 20.2 Å². The molecular formula is C18H19F3N6O. The summed E-state index contributed by atoms with van der Waals surface area (Å²) in [6.07, 6.45) is -4.57. The van der Waals surface area contributed by atoms with Crippen molar-refractivity contribution in [2.75, 3.05) is 11.9 Å². The maximum atomic E-state index is 12.7. The lowest BCUT2D eigenvalue weighted by Crippen LogP contribution is -2.37. The predicted molar refractivity (Wildman–Crippen MR) is 97.6 cm³/mol. The normalized spacial score (nSPS) is 12.4. The highest BCUT2D eigenvalue weighted by atomic mass is 19.4. The molecule has 1 heterocycles. The van der Waals surface area contributed by atoms with Crippen molar-refractivity contribution >= 4 is 17.7 Å². The summed E-state index contributed by atoms with van der Waals surface area (Å²) in [5.74, 6) is -0.766. The van der Waals surface area contributed by atoms with Crippen molar-refractivity contribution in [3.63, 3.8) is 0 Å². The van der Waals surface area contributed by atoms with Crippen LogP contribution in [-0.4, -0.2) is 28.6 Å². The van der Waals surface area contributed by atoms with Crippen LogP contribution in [0.3, 0.4) is 0 Å². The molecule has 148 valence electrons. The monoisotopic (exact) mass is 392 g/mol. The van der Waals surface area contributed by atoms with Crippen LogP contribution in [0.4, 0.5) is 19.0 Å². The molecule has 0 atom stereocenters. The van der Waals surface area contributed by atoms with Gasteiger partial charge < -0.3 is 5.32 Å². The van der Waals surface area contributed by atoms with Crippen LogP contribution in [0.1, 0.15) is 42.4 Å². The van der Waals surface area contributed by atoms with Gasteiger partial charge in [-0.2, -0.15) is 23.5 Å². The van der Waals surface area contributed by atoms with Gasteiger partial charge in [-0.05, 0) is 23.6 Å². The average Bonchev–Trinajstić information content (AvgIpc) is 3.08. The molecule has 3 N–H and O–H groups in total. The Labute approximate surface area is 159 Å². The summed E-state index contributed by atoms with van der Waals surface area (Å²) in [5.41, 5.74) is -0.738. The second-order valence-corrected chi connectivity index (χ2v) is 7.16. The molecule has 0 fully saturated rings. The molecular weight excluding hydrogens is 373 g/mol. The third-order valence-corrected chi connectivity index (χ3v) is 3.33. The van der Waals surface area contributed by atoms with Gasteiger partial charge in [0.15, 0.2) is 5.82 Å². The van der Waals surface area contributed by atoms with Gasteiger partial charge in [0, 0.05) is 18.2 Å². The van der Waals surface area contributed by atoms with Gasteiger partial charge >= 0.3 is 6.18 Å². The van der Waals surface area contributed by atoms with Gasteiger partial charge in [0.1, 0.15) is 5.69 Å². The van der Waals surface area contributed by atoms with Crippen molar-refractivity contribution in [1.82, 2.24) is 15.5 Å². The van der Waals surface area contributed by atoms with Crippen LogP contribution < -0.4 is 10.6 Å². The van der Waals surface area contributed by atoms with Crippen LogP contribution in [-0.2, 0) is 6.18 Å². The minimum absolute atomic E-state index is 0.0532. The number of nitrogens with zero attached hydrogens (tertiary/aromatic N) is 3. The lowest BCUT2D eigenvalue weighted by atomic mass is 9.97. The molecule has 0 aliphatic rings. The molecule has 0 aliphatic heterocycles. The van der Waals surface area contributed by atoms with E-state index < -0.39 is 17.8 Å². The number of carbonyl (C=O) groups is 1. The number of aromatic amines is 1. The van der Waals surface area contributed by atoms with Crippen molar-refractivity contribution in [2.24, 2.45) is 10.4 Å². The summed E-state index contributed by atoms with van der Waals surface area (Å²) < 4.78 is 38.2. The number of alkyl halides is 3. The minimum Gasteiger partial charge on any atom is -0.309 e. The second-order valence-electron chi connectivity index (χ2n) is 7.16. The van der Waals surface area contributed by atoms with E-state index in [1.807, 2.05) is 31.9 Å². The number of hydrogen-bond acceptors (Lipinski definition) is 4. The van der Waals surface area contributed by atoms with Crippen LogP contribution in [0.25, 0.3) is 0 Å². The summed E-state index contributed by atoms with van der Waals surface area (Å²) in [6.45, 7) is 6.05. The van der Waals surface area contributed by atoms with E-state index in [0.717, 1.165) is 6.07 Å². The number of amides is 1. The van der Waals surface area contributed by atoms with E-state index in [1.54, 1.807) is 12.1 Å². The lowest BCUT2D eigenvalue weighted by Gasteiger charge is -2.16. The number of hydrogen-bond donors (Lipinski definition) is 3. The number of rotatable bonds is 3. The Morgan fingerprint density at radius 3 is 2.57 bits per heavy atom. The average molecular weight is 392 g/mol. The molecule has 0 saturated heterocycles. The Hall–Kier alpha value is -3.35. The van der Waals surface area contributed by atoms with Gasteiger partial charge in [-0.1, -0.05) is 26.8 Å². The fourth-order valence-corrected chi connectivity index (χ4v) is 1.99. The molecule has 1 aromatic heterocycles. The fourth-order valence-electron chi connectivity index (χ4n) is 1.99. The molecule has 0 saturated carbocycles. The Morgan fingerprint density at radius 1 is 1.29 bits per heavy atom. The number of H-pyrrole nitrogens is 1. The molecule has 2 rings (SSSR count). The first kappa shape index (κ1) is 21.0. The molecule has 1 aromatic carbocycles. The van der Waals surface area contributed by atoms with Gasteiger partial charge in [0.05, 0.1) is 11.6 Å². The van der Waals surface area contributed by atoms with Crippen molar-refractivity contribution in [1.29, 1.82) is 5.26 Å². The van der Waals surface area contributed by atoms with Crippen molar-refractivity contribution in [3.05, 3.63) is 47.2 Å². The zero-order chi connectivity index (χ0) is 20.9. The highest BCUT2D eigenvalue weighted by Gasteiger charge is 2.33. The standard InChI is InChI=1S/C18H19F3N6O/c1-17(2,3)10-23-16(24-14-8-13(26-27-14)18(19,20)21)25-15(28)12-6-4-5-11(7-12)9-22/h4-8H,10H2,1-3H3,(H3,23,24,25,26,27,28). The van der Waals surface area contributed by atoms with E-state index in [9.17, 15) is 18.0 Å². The first-order chi connectivity index (χ1) is 13.0. The van der Waals surface area contributed by atoms with Crippen LogP contribution in [0.5, 0.6) is 0 Å². The van der Waals surface area contributed by atoms with E-state index in [-0.39, 0.29) is 22.8 Å². The maximum Gasteiger partial charge on any atom is 0.432 e. The number of aromatic nitrogens is 2. The van der Waals surface area contributed by atoms with Crippen LogP contribution in [0, 0.1) is 16.7 Å². The maximum absolute atomic E-state index is 12.7. The SMILES string of the molecule is CC(C)(C)CN=C(NC(=O)c1cccc(C#N)c1)Nc1cc(C(F)(F)F)[nH]n1. The summed E-state index contributed by atoms with van der Waals surface area (Å²) in [7, 11) is 0. The molecule has 0 unspecified atom stereocenters. The van der Waals surface area contributed by atoms with Gasteiger partial charge in [0.2, 0.25) is 5.96 Å². The number of nitriles is 1. The summed E-state index contributed by atoms with van der Waals surface area (Å²) in [6, 6.07) is 8.71. The lowest BCUT2D eigenvalue weighted by molar-refractivity contribution is -0.141. The predicted octanol–water partition coefficient (Wildman–Crippen LogP) is 3.54. The molecule has 10 heteroatoms. The summed E-state index contributed by atoms with van der Waals surface area (Å²) in [5, 5.41) is 19.5. The molecule has 0 aliphatic carbocycles. The summed E-state index contributed by atoms with van der Waals surface area (Å²) in [4.78, 5) is 16.7. The number of benzene rings is 1. The van der Waals surface area contributed by atoms with Gasteiger partial charge in [-0.15, -0.1) is 0 Å². The second kappa shape index (κ2) is 8.12. The van der Waals surface area contributed by atoms with E-state index in [2.05, 4.69) is 20.7 Å². The molecule has 2 aromatic rings. The Balaban J connectivity index is 2.23. The number of anilines is 1. The number of nitrogens with one attached hydrogen (secondary N) is 3. The largest absolute Gasteiger partial charge is 0.432 e. The number of halogens is 3. The first-order valence-electron chi connectivity index (χ1n) is 8.23. The van der Waals surface area contributed by atoms with Gasteiger partial charge in [0.25, 0.3) is 5.91 Å². The molecule has 7 nitrogen and oxygen atoms in total. The highest BCUT2D eigenvalue weighted by Crippen LogP contribution is 2.28. The highest BCUT2D eigenvalue weighted by molar-refractivity contribution is 6.09. The number of carbonyl (C=O) groups excluding carboxylic acids is 1. The minimum atomic E-state index is -4.57. The number of aliphatic imine (C=N–C) groups is 1. The van der Waals surface area contributed by atoms with E-state index in [1.165, 1.54) is 12.1 Å². The number of guanidine groups is 1. The first-order valence-corrected chi connectivity index (χ1v) is 8.23. The Kier molecular flexibility index (Phi) is 6.08. The van der Waals surface area contributed by atoms with E-state index >= 15 is 0 Å². The Morgan fingerprint density at radius 2 is 2.00 bits per heavy atom. The topological polar surface area (TPSA) is 106 Å². The molecule has 1 amide bonds. The van der Waals surface area contributed by atoms with E-state index in [0.29, 0.717) is 12.1 Å². The smallest absolute Gasteiger partial charge is 0.309 e. The summed E-state index contributed by atoms with van der Waals surface area (Å²) >= 11 is 0. The van der Waals surface area contributed by atoms with Crippen molar-refractivity contribution < 1.29 is 18.0 Å². The third kappa shape index (κ3) is 6.12. The third-order valence-electron chi connectivity index (χ3n) is 3.33. The zero-order valence-electron chi connectivity index (χ0n) is 15.5. The quantitative estimate of drug-likeness (QED) is 0.549. The molecule has 0 radical (unpaired) electrons. The van der Waals surface area contributed by atoms with Crippen molar-refractivity contribution in [3.8, 4) is 6.07 Å². The van der Waals surface area contributed by atoms with Crippen LogP contribution >= 0.6 is 0 Å². The molecule has 0 spiro atoms.